The molecule has 1 saturated heterocycles. The number of fused-ring (bicyclic) bond motifs is 2. The quantitative estimate of drug-likeness (QED) is 0.0267. The number of aryl methyl sites for hydroxylation is 6. The van der Waals surface area contributed by atoms with Gasteiger partial charge in [-0.15, -0.1) is 6.58 Å². The summed E-state index contributed by atoms with van der Waals surface area (Å²) in [5.74, 6) is -0.527. The molecule has 2 atom stereocenters. The van der Waals surface area contributed by atoms with E-state index in [2.05, 4.69) is 60.8 Å². The van der Waals surface area contributed by atoms with Crippen LogP contribution in [0.4, 0.5) is 24.8 Å². The number of carbonyl (C=O) groups excluding carboxylic acids is 4. The van der Waals surface area contributed by atoms with Crippen LogP contribution in [0.1, 0.15) is 108 Å². The summed E-state index contributed by atoms with van der Waals surface area (Å²) in [6.07, 6.45) is -1.80. The van der Waals surface area contributed by atoms with Gasteiger partial charge in [-0.1, -0.05) is 29.3 Å². The number of rotatable bonds is 25. The number of anilines is 2. The van der Waals surface area contributed by atoms with Crippen LogP contribution in [0.2, 0.25) is 10.3 Å². The van der Waals surface area contributed by atoms with Gasteiger partial charge in [0.1, 0.15) is 46.3 Å². The largest absolute Gasteiger partial charge is 0.870 e. The van der Waals surface area contributed by atoms with E-state index in [0.717, 1.165) is 70.1 Å². The maximum atomic E-state index is 13.4. The SMILES string of the molecule is C=C([O-])C(F)(F)F.CCn1c(CNC(=O)c2nc(Cl)cnc2N)[n+](CC)c2ccc(OCC(=O)N(Cc3nc(C)ccc3O)C[C@H](C)O)cc21.CCn1c(CNC(=O)c2nc(Cl)cnc2N)[n+](CC2CCOCC2)c2ccc(OCC(=O)N(Cc3nc(C)ccc3C)C[C@H](C)O)cc21. The van der Waals surface area contributed by atoms with E-state index in [1.165, 1.54) is 23.4 Å². The van der Waals surface area contributed by atoms with Crippen LogP contribution in [-0.4, -0.2) is 146 Å². The fourth-order valence-electron chi connectivity index (χ4n) is 10.9. The Hall–Kier alpha value is -9.49. The highest BCUT2D eigenvalue weighted by atomic mass is 35.5. The van der Waals surface area contributed by atoms with Crippen molar-refractivity contribution < 1.29 is 76.1 Å². The summed E-state index contributed by atoms with van der Waals surface area (Å²) in [7, 11) is 0. The van der Waals surface area contributed by atoms with E-state index in [1.54, 1.807) is 37.8 Å². The standard InChI is InChI=1S/C34H43ClN8O5.C29H35ClN8O5.C3H3F3O/c1-5-42-28-14-25(48-20-31(45)41(17-23(4)44)19-26-21(2)6-7-22(3)39-26)8-9-27(28)43(18-24-10-12-47-13-11-24)30(42)16-38-34(46)32-33(36)37-15-29(35)40-32;1-5-37-21-9-8-19(43-16-26(41)36(14-18(4)39)15-20-23(40)10-7-17(3)34-20)11-22(21)38(6-2)25(37)13-33-29(42)27-28(31)32-12-24(30)35-27;1-2(7)3(4,5)6/h6-9,14-15,23-24,44H,5,10-13,16-20H2,1-4H3,(H2-,36,37,38,46);7-12,18,39H,5-6,13-16H2,1-4H3,(H3-,31,32,33,40,42);7H,1H2/p+1/t23-;18-;/m00./s1. The van der Waals surface area contributed by atoms with E-state index < -0.39 is 36.0 Å². The van der Waals surface area contributed by atoms with Gasteiger partial charge in [-0.2, -0.15) is 13.2 Å². The van der Waals surface area contributed by atoms with Gasteiger partial charge in [-0.3, -0.25) is 29.1 Å². The number of amides is 4. The summed E-state index contributed by atoms with van der Waals surface area (Å²) in [4.78, 5) is 80.3. The van der Waals surface area contributed by atoms with Crippen LogP contribution in [0.25, 0.3) is 22.1 Å². The third kappa shape index (κ3) is 20.3. The number of nitrogens with one attached hydrogen (secondary N) is 2. The van der Waals surface area contributed by atoms with Gasteiger partial charge >= 0.3 is 6.18 Å². The monoisotopic (exact) mass is 1400 g/mol. The first-order valence-corrected chi connectivity index (χ1v) is 32.2. The molecule has 98 heavy (non-hydrogen) atoms. The first-order chi connectivity index (χ1) is 46.5. The second-order valence-corrected chi connectivity index (χ2v) is 23.9. The topological polar surface area (TPSA) is 357 Å². The van der Waals surface area contributed by atoms with E-state index in [9.17, 15) is 52.8 Å². The number of benzene rings is 2. The van der Waals surface area contributed by atoms with Crippen molar-refractivity contribution in [2.45, 2.75) is 139 Å². The third-order valence-corrected chi connectivity index (χ3v) is 16.0. The number of carbonyl (C=O) groups is 4. The number of nitrogens with zero attached hydrogens (tertiary/aromatic N) is 12. The Morgan fingerprint density at radius 3 is 1.61 bits per heavy atom. The van der Waals surface area contributed by atoms with Gasteiger partial charge in [-0.05, 0) is 122 Å². The first-order valence-electron chi connectivity index (χ1n) is 31.5. The van der Waals surface area contributed by atoms with Crippen LogP contribution in [0.3, 0.4) is 0 Å². The van der Waals surface area contributed by atoms with Crippen molar-refractivity contribution >= 4 is 80.5 Å². The van der Waals surface area contributed by atoms with Gasteiger partial charge in [0.2, 0.25) is 0 Å². The van der Waals surface area contributed by atoms with Crippen LogP contribution in [0.5, 0.6) is 17.2 Å². The van der Waals surface area contributed by atoms with Gasteiger partial charge in [0.05, 0.1) is 69.6 Å². The molecule has 1 aliphatic rings. The maximum Gasteiger partial charge on any atom is 0.401 e. The second-order valence-electron chi connectivity index (χ2n) is 23.1. The number of imidazole rings is 2. The van der Waals surface area contributed by atoms with Crippen molar-refractivity contribution in [2.75, 3.05) is 51.0 Å². The Kier molecular flexibility index (Phi) is 26.8. The van der Waals surface area contributed by atoms with Gasteiger partial charge in [0.15, 0.2) is 58.3 Å². The highest BCUT2D eigenvalue weighted by molar-refractivity contribution is 6.29. The molecule has 0 saturated carbocycles. The van der Waals surface area contributed by atoms with E-state index in [-0.39, 0.29) is 103 Å². The molecule has 0 spiro atoms. The molecule has 526 valence electrons. The minimum absolute atomic E-state index is 0.00310. The average molecular weight is 1400 g/mol. The van der Waals surface area contributed by atoms with Crippen molar-refractivity contribution in [1.29, 1.82) is 0 Å². The predicted octanol–water partition coefficient (Wildman–Crippen LogP) is 5.68. The molecular weight excluding hydrogens is 1320 g/mol. The number of pyridine rings is 2. The molecule has 32 heteroatoms. The Balaban J connectivity index is 0.000000252. The van der Waals surface area contributed by atoms with Gasteiger partial charge in [0.25, 0.3) is 35.3 Å². The number of aromatic nitrogens is 10. The van der Waals surface area contributed by atoms with E-state index >= 15 is 0 Å². The van der Waals surface area contributed by atoms with Gasteiger partial charge in [-0.25, -0.2) is 38.2 Å². The number of aliphatic hydroxyl groups is 2. The normalized spacial score (nSPS) is 13.0. The lowest BCUT2D eigenvalue weighted by atomic mass is 10.0. The maximum absolute atomic E-state index is 13.4. The molecule has 2 aromatic carbocycles. The van der Waals surface area contributed by atoms with E-state index in [0.29, 0.717) is 61.7 Å². The number of alkyl halides is 3. The summed E-state index contributed by atoms with van der Waals surface area (Å²) >= 11 is 11.9. The molecule has 0 bridgehead atoms. The smallest absolute Gasteiger partial charge is 0.401 e. The van der Waals surface area contributed by atoms with Crippen LogP contribution in [0, 0.1) is 26.7 Å². The van der Waals surface area contributed by atoms with E-state index in [1.807, 2.05) is 81.7 Å². The van der Waals surface area contributed by atoms with Crippen LogP contribution < -0.4 is 45.8 Å². The zero-order valence-corrected chi connectivity index (χ0v) is 57.2. The zero-order chi connectivity index (χ0) is 71.7. The molecule has 4 amide bonds. The molecule has 9 N–H and O–H groups in total. The molecular formula is C66H82Cl2F3N16O11+. The number of allylic oxidation sites excluding steroid dienone is 1. The van der Waals surface area contributed by atoms with Gasteiger partial charge < -0.3 is 66.5 Å². The molecule has 0 radical (unpaired) electrons. The first kappa shape index (κ1) is 75.9. The molecule has 0 aliphatic carbocycles. The van der Waals surface area contributed by atoms with Crippen LogP contribution in [-0.2, 0) is 66.7 Å². The predicted molar refractivity (Wildman–Crippen MR) is 355 cm³/mol. The molecule has 1 fully saturated rings. The average Bonchev–Trinajstić information content (AvgIpc) is 1.62. The molecule has 0 unspecified atom stereocenters. The summed E-state index contributed by atoms with van der Waals surface area (Å²) in [5.41, 5.74) is 19.0. The number of nitrogen functional groups attached to an aromatic ring is 2. The summed E-state index contributed by atoms with van der Waals surface area (Å²) in [6, 6.07) is 18.4. The Morgan fingerprint density at radius 2 is 1.16 bits per heavy atom. The van der Waals surface area contributed by atoms with Crippen molar-refractivity contribution in [3.63, 3.8) is 0 Å². The Bertz CT molecular complexity index is 4150. The lowest BCUT2D eigenvalue weighted by Gasteiger charge is -2.24. The highest BCUT2D eigenvalue weighted by Gasteiger charge is 2.31. The molecule has 27 nitrogen and oxygen atoms in total. The summed E-state index contributed by atoms with van der Waals surface area (Å²) < 4.78 is 58.4. The number of hydrogen-bond acceptors (Lipinski definition) is 19. The fourth-order valence-corrected chi connectivity index (χ4v) is 11.1. The van der Waals surface area contributed by atoms with Crippen molar-refractivity contribution in [2.24, 2.45) is 5.92 Å². The molecule has 8 aromatic rings. The van der Waals surface area contributed by atoms with Crippen LogP contribution >= 0.6 is 23.2 Å². The number of aliphatic hydroxyl groups excluding tert-OH is 2. The minimum atomic E-state index is -4.75. The zero-order valence-electron chi connectivity index (χ0n) is 55.7. The highest BCUT2D eigenvalue weighted by Crippen LogP contribution is 2.27. The Labute approximate surface area is 573 Å². The van der Waals surface area contributed by atoms with Crippen molar-refractivity contribution in [1.82, 2.24) is 59.5 Å². The number of aromatic hydroxyl groups is 1. The van der Waals surface area contributed by atoms with Gasteiger partial charge in [0, 0.05) is 55.7 Å². The summed E-state index contributed by atoms with van der Waals surface area (Å²) in [6.45, 7) is 21.5. The van der Waals surface area contributed by atoms with Crippen LogP contribution in [0.15, 0.2) is 85.4 Å². The molecule has 1 aliphatic heterocycles. The lowest BCUT2D eigenvalue weighted by molar-refractivity contribution is -0.687. The van der Waals surface area contributed by atoms with E-state index in [4.69, 9.17) is 48.9 Å². The number of ether oxygens (including phenoxy) is 3. The lowest BCUT2D eigenvalue weighted by Crippen LogP contribution is -2.44. The number of hydrogen-bond donors (Lipinski definition) is 7. The second kappa shape index (κ2) is 34.6. The summed E-state index contributed by atoms with van der Waals surface area (Å²) in [5, 5.41) is 45.5. The number of halogens is 5. The Morgan fingerprint density at radius 1 is 0.724 bits per heavy atom. The van der Waals surface area contributed by atoms with Crippen molar-refractivity contribution in [3.05, 3.63) is 147 Å². The third-order valence-electron chi connectivity index (χ3n) is 15.6. The fraction of sp³-hybridized carbons (Fsp3) is 0.424. The minimum Gasteiger partial charge on any atom is -0.870 e. The molecule has 9 rings (SSSR count). The number of nitrogens with two attached hydrogens (primary N) is 2. The molecule has 7 heterocycles. The van der Waals surface area contributed by atoms with Crippen molar-refractivity contribution in [3.8, 4) is 17.2 Å². The molecule has 6 aromatic heterocycles.